The van der Waals surface area contributed by atoms with Gasteiger partial charge in [-0.15, -0.1) is 0 Å². The molecule has 0 atom stereocenters. The van der Waals surface area contributed by atoms with E-state index in [9.17, 15) is 4.79 Å². The average Bonchev–Trinajstić information content (AvgIpc) is 2.17. The van der Waals surface area contributed by atoms with E-state index in [4.69, 9.17) is 4.74 Å². The van der Waals surface area contributed by atoms with E-state index < -0.39 is 0 Å². The number of piperidine rings is 1. The van der Waals surface area contributed by atoms with E-state index in [0.29, 0.717) is 6.61 Å². The molecule has 0 unspecified atom stereocenters. The molecule has 1 heterocycles. The molecular formula is C11H19NO2. The standard InChI is InChI=1S/C11H19NO2/c1-3-14-11(13)6-9-12-7-4-10(2)5-8-12/h6,9-10H,3-5,7-8H2,1-2H3/b9-6+. The number of rotatable bonds is 3. The Labute approximate surface area is 85.7 Å². The fraction of sp³-hybridized carbons (Fsp3) is 0.727. The summed E-state index contributed by atoms with van der Waals surface area (Å²) in [6, 6.07) is 0. The molecule has 0 aromatic heterocycles. The lowest BCUT2D eigenvalue weighted by atomic mass is 10.00. The fourth-order valence-corrected chi connectivity index (χ4v) is 1.53. The van der Waals surface area contributed by atoms with Gasteiger partial charge in [0.2, 0.25) is 0 Å². The average molecular weight is 197 g/mol. The van der Waals surface area contributed by atoms with E-state index in [-0.39, 0.29) is 5.97 Å². The minimum atomic E-state index is -0.244. The Morgan fingerprint density at radius 1 is 1.50 bits per heavy atom. The predicted octanol–water partition coefficient (Wildman–Crippen LogP) is 1.80. The SMILES string of the molecule is CCOC(=O)/C=C/N1CCC(C)CC1. The molecule has 1 aliphatic heterocycles. The molecular weight excluding hydrogens is 178 g/mol. The minimum Gasteiger partial charge on any atom is -0.463 e. The molecule has 3 nitrogen and oxygen atoms in total. The highest BCUT2D eigenvalue weighted by molar-refractivity contribution is 5.81. The molecule has 0 radical (unpaired) electrons. The van der Waals surface area contributed by atoms with Crippen LogP contribution >= 0.6 is 0 Å². The molecule has 0 bridgehead atoms. The summed E-state index contributed by atoms with van der Waals surface area (Å²) in [5, 5.41) is 0. The van der Waals surface area contributed by atoms with Crippen LogP contribution in [-0.2, 0) is 9.53 Å². The number of ether oxygens (including phenoxy) is 1. The number of nitrogens with zero attached hydrogens (tertiary/aromatic N) is 1. The van der Waals surface area contributed by atoms with Crippen molar-refractivity contribution in [2.45, 2.75) is 26.7 Å². The van der Waals surface area contributed by atoms with Gasteiger partial charge in [-0.25, -0.2) is 4.79 Å². The number of carbonyl (C=O) groups excluding carboxylic acids is 1. The van der Waals surface area contributed by atoms with Crippen molar-refractivity contribution in [2.24, 2.45) is 5.92 Å². The Morgan fingerprint density at radius 3 is 2.71 bits per heavy atom. The second-order valence-electron chi connectivity index (χ2n) is 3.79. The highest BCUT2D eigenvalue weighted by atomic mass is 16.5. The summed E-state index contributed by atoms with van der Waals surface area (Å²) < 4.78 is 4.80. The van der Waals surface area contributed by atoms with Gasteiger partial charge in [-0.3, -0.25) is 0 Å². The smallest absolute Gasteiger partial charge is 0.332 e. The van der Waals surface area contributed by atoms with E-state index in [0.717, 1.165) is 19.0 Å². The molecule has 0 saturated carbocycles. The Hall–Kier alpha value is -0.990. The first-order chi connectivity index (χ1) is 6.72. The first-order valence-corrected chi connectivity index (χ1v) is 5.31. The zero-order chi connectivity index (χ0) is 10.4. The van der Waals surface area contributed by atoms with Crippen LogP contribution in [0.4, 0.5) is 0 Å². The Bertz CT molecular complexity index is 205. The van der Waals surface area contributed by atoms with E-state index in [1.54, 1.807) is 0 Å². The monoisotopic (exact) mass is 197 g/mol. The number of esters is 1. The highest BCUT2D eigenvalue weighted by Crippen LogP contribution is 2.15. The van der Waals surface area contributed by atoms with Crippen molar-refractivity contribution in [1.82, 2.24) is 4.90 Å². The first-order valence-electron chi connectivity index (χ1n) is 5.31. The maximum Gasteiger partial charge on any atom is 0.332 e. The third kappa shape index (κ3) is 3.81. The van der Waals surface area contributed by atoms with Crippen molar-refractivity contribution >= 4 is 5.97 Å². The van der Waals surface area contributed by atoms with Gasteiger partial charge in [-0.1, -0.05) is 6.92 Å². The second kappa shape index (κ2) is 5.68. The third-order valence-electron chi connectivity index (χ3n) is 2.53. The van der Waals surface area contributed by atoms with Crippen LogP contribution in [0.5, 0.6) is 0 Å². The predicted molar refractivity (Wildman–Crippen MR) is 55.7 cm³/mol. The summed E-state index contributed by atoms with van der Waals surface area (Å²) >= 11 is 0. The zero-order valence-electron chi connectivity index (χ0n) is 9.03. The molecule has 0 aromatic carbocycles. The van der Waals surface area contributed by atoms with Crippen molar-refractivity contribution in [1.29, 1.82) is 0 Å². The highest BCUT2D eigenvalue weighted by Gasteiger charge is 2.12. The number of hydrogen-bond donors (Lipinski definition) is 0. The molecule has 0 aliphatic carbocycles. The molecule has 80 valence electrons. The Balaban J connectivity index is 2.26. The summed E-state index contributed by atoms with van der Waals surface area (Å²) in [5.74, 6) is 0.577. The lowest BCUT2D eigenvalue weighted by Gasteiger charge is -2.28. The zero-order valence-corrected chi connectivity index (χ0v) is 9.03. The van der Waals surface area contributed by atoms with Crippen LogP contribution in [0.1, 0.15) is 26.7 Å². The molecule has 1 aliphatic rings. The maximum atomic E-state index is 11.0. The van der Waals surface area contributed by atoms with Crippen LogP contribution in [0.2, 0.25) is 0 Å². The van der Waals surface area contributed by atoms with Gasteiger partial charge in [0.15, 0.2) is 0 Å². The maximum absolute atomic E-state index is 11.0. The van der Waals surface area contributed by atoms with E-state index >= 15 is 0 Å². The van der Waals surface area contributed by atoms with Gasteiger partial charge in [0, 0.05) is 25.4 Å². The van der Waals surface area contributed by atoms with E-state index in [1.807, 2.05) is 13.1 Å². The topological polar surface area (TPSA) is 29.5 Å². The van der Waals surface area contributed by atoms with E-state index in [2.05, 4.69) is 11.8 Å². The van der Waals surface area contributed by atoms with Crippen molar-refractivity contribution < 1.29 is 9.53 Å². The molecule has 0 N–H and O–H groups in total. The summed E-state index contributed by atoms with van der Waals surface area (Å²) in [6.45, 7) is 6.63. The van der Waals surface area contributed by atoms with Crippen molar-refractivity contribution in [3.63, 3.8) is 0 Å². The second-order valence-corrected chi connectivity index (χ2v) is 3.79. The quantitative estimate of drug-likeness (QED) is 0.510. The van der Waals surface area contributed by atoms with Gasteiger partial charge < -0.3 is 9.64 Å². The third-order valence-corrected chi connectivity index (χ3v) is 2.53. The van der Waals surface area contributed by atoms with Crippen molar-refractivity contribution in [3.8, 4) is 0 Å². The first kappa shape index (κ1) is 11.1. The molecule has 1 saturated heterocycles. The van der Waals surface area contributed by atoms with Gasteiger partial charge >= 0.3 is 5.97 Å². The molecule has 0 aromatic rings. The van der Waals surface area contributed by atoms with Gasteiger partial charge in [-0.05, 0) is 25.7 Å². The lowest BCUT2D eigenvalue weighted by molar-refractivity contribution is -0.137. The van der Waals surface area contributed by atoms with Gasteiger partial charge in [0.25, 0.3) is 0 Å². The molecule has 1 fully saturated rings. The van der Waals surface area contributed by atoms with Gasteiger partial charge in [-0.2, -0.15) is 0 Å². The fourth-order valence-electron chi connectivity index (χ4n) is 1.53. The van der Waals surface area contributed by atoms with Gasteiger partial charge in [0.05, 0.1) is 6.61 Å². The summed E-state index contributed by atoms with van der Waals surface area (Å²) in [4.78, 5) is 13.2. The summed E-state index contributed by atoms with van der Waals surface area (Å²) in [7, 11) is 0. The van der Waals surface area contributed by atoms with E-state index in [1.165, 1.54) is 18.9 Å². The molecule has 14 heavy (non-hydrogen) atoms. The number of likely N-dealkylation sites (tertiary alicyclic amines) is 1. The number of carbonyl (C=O) groups is 1. The normalized spacial score (nSPS) is 18.9. The molecule has 3 heteroatoms. The largest absolute Gasteiger partial charge is 0.463 e. The molecule has 0 amide bonds. The van der Waals surface area contributed by atoms with Gasteiger partial charge in [0.1, 0.15) is 0 Å². The minimum absolute atomic E-state index is 0.244. The van der Waals surface area contributed by atoms with Crippen LogP contribution in [0.25, 0.3) is 0 Å². The van der Waals surface area contributed by atoms with Crippen LogP contribution < -0.4 is 0 Å². The van der Waals surface area contributed by atoms with Crippen molar-refractivity contribution in [3.05, 3.63) is 12.3 Å². The van der Waals surface area contributed by atoms with Crippen LogP contribution in [-0.4, -0.2) is 30.6 Å². The molecule has 1 rings (SSSR count). The Morgan fingerprint density at radius 2 is 2.14 bits per heavy atom. The van der Waals surface area contributed by atoms with Crippen molar-refractivity contribution in [2.75, 3.05) is 19.7 Å². The summed E-state index contributed by atoms with van der Waals surface area (Å²) in [6.07, 6.45) is 5.80. The summed E-state index contributed by atoms with van der Waals surface area (Å²) in [5.41, 5.74) is 0. The van der Waals surface area contributed by atoms with Crippen LogP contribution in [0, 0.1) is 5.92 Å². The Kier molecular flexibility index (Phi) is 4.50. The lowest BCUT2D eigenvalue weighted by Crippen LogP contribution is -2.28. The number of hydrogen-bond acceptors (Lipinski definition) is 3. The van der Waals surface area contributed by atoms with Crippen LogP contribution in [0.15, 0.2) is 12.3 Å². The molecule has 0 spiro atoms. The van der Waals surface area contributed by atoms with Crippen LogP contribution in [0.3, 0.4) is 0 Å².